The van der Waals surface area contributed by atoms with Gasteiger partial charge in [-0.05, 0) is 30.2 Å². The van der Waals surface area contributed by atoms with Crippen molar-refractivity contribution < 1.29 is 14.3 Å². The minimum atomic E-state index is 0.0601. The van der Waals surface area contributed by atoms with Gasteiger partial charge >= 0.3 is 0 Å². The topological polar surface area (TPSA) is 67.5 Å². The zero-order valence-corrected chi connectivity index (χ0v) is 17.7. The first-order chi connectivity index (χ1) is 14.1. The van der Waals surface area contributed by atoms with E-state index in [0.29, 0.717) is 30.3 Å². The minimum absolute atomic E-state index is 0.0601. The van der Waals surface area contributed by atoms with E-state index in [-0.39, 0.29) is 5.91 Å². The number of imidazole rings is 1. The molecule has 1 N–H and O–H groups in total. The Balaban J connectivity index is 1.60. The van der Waals surface area contributed by atoms with Crippen LogP contribution in [0.4, 0.5) is 0 Å². The van der Waals surface area contributed by atoms with Gasteiger partial charge in [-0.2, -0.15) is 0 Å². The van der Waals surface area contributed by atoms with Crippen molar-refractivity contribution in [3.8, 4) is 22.8 Å². The molecule has 0 spiro atoms. The first kappa shape index (κ1) is 20.8. The number of aromatic amines is 1. The molecule has 3 rings (SSSR count). The molecule has 1 aromatic heterocycles. The van der Waals surface area contributed by atoms with Gasteiger partial charge in [0.25, 0.3) is 0 Å². The van der Waals surface area contributed by atoms with E-state index in [2.05, 4.69) is 9.97 Å². The Labute approximate surface area is 175 Å². The van der Waals surface area contributed by atoms with Gasteiger partial charge in [-0.15, -0.1) is 0 Å². The number of amides is 1. The second-order valence-electron chi connectivity index (χ2n) is 6.35. The molecule has 0 bridgehead atoms. The fraction of sp³-hybridized carbons (Fsp3) is 0.273. The Morgan fingerprint density at radius 1 is 1.10 bits per heavy atom. The first-order valence-corrected chi connectivity index (χ1v) is 10.3. The van der Waals surface area contributed by atoms with E-state index in [9.17, 15) is 4.79 Å². The number of ether oxygens (including phenoxy) is 2. The van der Waals surface area contributed by atoms with Crippen molar-refractivity contribution in [1.29, 1.82) is 0 Å². The van der Waals surface area contributed by atoms with Crippen molar-refractivity contribution in [1.82, 2.24) is 14.9 Å². The number of hydrogen-bond donors (Lipinski definition) is 1. The summed E-state index contributed by atoms with van der Waals surface area (Å²) >= 11 is 1.41. The maximum atomic E-state index is 12.7. The van der Waals surface area contributed by atoms with Gasteiger partial charge in [0.05, 0.1) is 31.9 Å². The fourth-order valence-electron chi connectivity index (χ4n) is 2.94. The maximum absolute atomic E-state index is 12.7. The van der Waals surface area contributed by atoms with Crippen molar-refractivity contribution in [2.45, 2.75) is 18.6 Å². The molecule has 0 aliphatic carbocycles. The van der Waals surface area contributed by atoms with Crippen molar-refractivity contribution in [3.63, 3.8) is 0 Å². The number of thioether (sulfide) groups is 1. The van der Waals surface area contributed by atoms with Crippen LogP contribution in [-0.4, -0.2) is 47.3 Å². The molecule has 6 nitrogen and oxygen atoms in total. The van der Waals surface area contributed by atoms with Crippen LogP contribution in [0.15, 0.2) is 59.9 Å². The Hall–Kier alpha value is -2.93. The van der Waals surface area contributed by atoms with Crippen molar-refractivity contribution in [2.75, 3.05) is 26.5 Å². The highest BCUT2D eigenvalue weighted by Gasteiger charge is 2.15. The Morgan fingerprint density at radius 3 is 2.55 bits per heavy atom. The molecule has 29 heavy (non-hydrogen) atoms. The van der Waals surface area contributed by atoms with Crippen LogP contribution in [0.25, 0.3) is 11.3 Å². The Kier molecular flexibility index (Phi) is 7.19. The van der Waals surface area contributed by atoms with Crippen molar-refractivity contribution in [3.05, 3.63) is 60.3 Å². The van der Waals surface area contributed by atoms with Gasteiger partial charge in [0.15, 0.2) is 16.7 Å². The van der Waals surface area contributed by atoms with Crippen LogP contribution in [0.5, 0.6) is 11.5 Å². The summed E-state index contributed by atoms with van der Waals surface area (Å²) in [5, 5.41) is 0.736. The van der Waals surface area contributed by atoms with E-state index in [4.69, 9.17) is 9.47 Å². The minimum Gasteiger partial charge on any atom is -0.493 e. The summed E-state index contributed by atoms with van der Waals surface area (Å²) < 4.78 is 10.6. The molecule has 0 atom stereocenters. The van der Waals surface area contributed by atoms with Gasteiger partial charge in [-0.25, -0.2) is 4.98 Å². The van der Waals surface area contributed by atoms with Crippen LogP contribution >= 0.6 is 11.8 Å². The third kappa shape index (κ3) is 5.32. The highest BCUT2D eigenvalue weighted by molar-refractivity contribution is 7.99. The van der Waals surface area contributed by atoms with Crippen molar-refractivity contribution >= 4 is 17.7 Å². The normalized spacial score (nSPS) is 10.6. The zero-order chi connectivity index (χ0) is 20.6. The number of carbonyl (C=O) groups excluding carboxylic acids is 1. The monoisotopic (exact) mass is 411 g/mol. The van der Waals surface area contributed by atoms with Gasteiger partial charge in [-0.3, -0.25) is 4.79 Å². The summed E-state index contributed by atoms with van der Waals surface area (Å²) in [6.07, 6.45) is 1.80. The zero-order valence-electron chi connectivity index (χ0n) is 16.8. The van der Waals surface area contributed by atoms with Crippen LogP contribution < -0.4 is 9.47 Å². The van der Waals surface area contributed by atoms with Gasteiger partial charge in [-0.1, -0.05) is 48.2 Å². The molecular formula is C22H25N3O3S. The number of nitrogens with zero attached hydrogens (tertiary/aromatic N) is 2. The summed E-state index contributed by atoms with van der Waals surface area (Å²) in [6.45, 7) is 3.12. The largest absolute Gasteiger partial charge is 0.493 e. The lowest BCUT2D eigenvalue weighted by molar-refractivity contribution is -0.128. The van der Waals surface area contributed by atoms with Gasteiger partial charge in [0, 0.05) is 13.1 Å². The number of nitrogens with one attached hydrogen (secondary N) is 1. The molecule has 0 unspecified atom stereocenters. The van der Waals surface area contributed by atoms with Gasteiger partial charge in [0.2, 0.25) is 5.91 Å². The number of methoxy groups -OCH3 is 2. The molecule has 1 heterocycles. The van der Waals surface area contributed by atoms with Crippen LogP contribution in [-0.2, 0) is 11.3 Å². The lowest BCUT2D eigenvalue weighted by atomic mass is 10.2. The first-order valence-electron chi connectivity index (χ1n) is 9.36. The highest BCUT2D eigenvalue weighted by atomic mass is 32.2. The van der Waals surface area contributed by atoms with Crippen LogP contribution in [0.2, 0.25) is 0 Å². The fourth-order valence-corrected chi connectivity index (χ4v) is 3.69. The summed E-state index contributed by atoms with van der Waals surface area (Å²) in [6, 6.07) is 15.7. The van der Waals surface area contributed by atoms with E-state index in [1.807, 2.05) is 60.4 Å². The molecule has 1 amide bonds. The maximum Gasteiger partial charge on any atom is 0.233 e. The van der Waals surface area contributed by atoms with Crippen molar-refractivity contribution in [2.24, 2.45) is 0 Å². The highest BCUT2D eigenvalue weighted by Crippen LogP contribution is 2.28. The predicted octanol–water partition coefficient (Wildman–Crippen LogP) is 4.23. The van der Waals surface area contributed by atoms with E-state index < -0.39 is 0 Å². The van der Waals surface area contributed by atoms with Gasteiger partial charge in [0.1, 0.15) is 0 Å². The summed E-state index contributed by atoms with van der Waals surface area (Å²) in [5.74, 6) is 1.72. The number of hydrogen-bond acceptors (Lipinski definition) is 5. The second kappa shape index (κ2) is 10.0. The predicted molar refractivity (Wildman–Crippen MR) is 115 cm³/mol. The number of aromatic nitrogens is 2. The summed E-state index contributed by atoms with van der Waals surface area (Å²) in [4.78, 5) is 22.2. The van der Waals surface area contributed by atoms with E-state index in [1.165, 1.54) is 11.8 Å². The Morgan fingerprint density at radius 2 is 1.86 bits per heavy atom. The van der Waals surface area contributed by atoms with E-state index in [1.54, 1.807) is 20.4 Å². The number of rotatable bonds is 9. The standard InChI is InChI=1S/C22H25N3O3S/c1-4-25(14-16-10-11-19(27-2)20(12-16)28-3)21(26)15-29-22-23-13-18(24-22)17-8-6-5-7-9-17/h5-13H,4,14-15H2,1-3H3,(H,23,24). The third-order valence-corrected chi connectivity index (χ3v) is 5.40. The average Bonchev–Trinajstić information content (AvgIpc) is 3.25. The molecule has 3 aromatic rings. The summed E-state index contributed by atoms with van der Waals surface area (Å²) in [5.41, 5.74) is 3.01. The molecule has 0 saturated carbocycles. The van der Waals surface area contributed by atoms with E-state index in [0.717, 1.165) is 22.0 Å². The average molecular weight is 412 g/mol. The molecule has 0 radical (unpaired) electrons. The second-order valence-corrected chi connectivity index (χ2v) is 7.32. The van der Waals surface area contributed by atoms with Crippen LogP contribution in [0, 0.1) is 0 Å². The molecule has 152 valence electrons. The number of carbonyl (C=O) groups is 1. The lowest BCUT2D eigenvalue weighted by Crippen LogP contribution is -2.31. The quantitative estimate of drug-likeness (QED) is 0.534. The molecule has 0 aliphatic heterocycles. The number of benzene rings is 2. The Bertz CT molecular complexity index is 943. The smallest absolute Gasteiger partial charge is 0.233 e. The molecule has 7 heteroatoms. The SMILES string of the molecule is CCN(Cc1ccc(OC)c(OC)c1)C(=O)CSc1ncc(-c2ccccc2)[nH]1. The molecule has 0 fully saturated rings. The van der Waals surface area contributed by atoms with Gasteiger partial charge < -0.3 is 19.4 Å². The molecule has 0 aliphatic rings. The van der Waals surface area contributed by atoms with Crippen LogP contribution in [0.1, 0.15) is 12.5 Å². The molecule has 2 aromatic carbocycles. The lowest BCUT2D eigenvalue weighted by Gasteiger charge is -2.21. The van der Waals surface area contributed by atoms with E-state index >= 15 is 0 Å². The molecule has 0 saturated heterocycles. The number of H-pyrrole nitrogens is 1. The molecular weight excluding hydrogens is 386 g/mol. The van der Waals surface area contributed by atoms with Crippen LogP contribution in [0.3, 0.4) is 0 Å². The third-order valence-electron chi connectivity index (χ3n) is 4.53. The summed E-state index contributed by atoms with van der Waals surface area (Å²) in [7, 11) is 3.21.